The number of hydrogen-bond acceptors (Lipinski definition) is 5. The molecule has 0 radical (unpaired) electrons. The molecule has 2 aliphatic rings. The zero-order valence-electron chi connectivity index (χ0n) is 9.60. The van der Waals surface area contributed by atoms with Gasteiger partial charge in [-0.2, -0.15) is 0 Å². The van der Waals surface area contributed by atoms with Gasteiger partial charge in [0.25, 0.3) is 5.70 Å². The lowest BCUT2D eigenvalue weighted by atomic mass is 10.0. The van der Waals surface area contributed by atoms with Crippen molar-refractivity contribution < 1.29 is 9.72 Å². The van der Waals surface area contributed by atoms with E-state index in [2.05, 4.69) is 5.32 Å². The topological polar surface area (TPSA) is 75.5 Å². The third kappa shape index (κ3) is 2.28. The van der Waals surface area contributed by atoms with Crippen LogP contribution in [0, 0.1) is 10.1 Å². The maximum absolute atomic E-state index is 11.3. The number of fused-ring (bicyclic) bond motifs is 1. The Morgan fingerprint density at radius 1 is 1.59 bits per heavy atom. The molecule has 7 heteroatoms. The van der Waals surface area contributed by atoms with E-state index in [-0.39, 0.29) is 29.0 Å². The summed E-state index contributed by atoms with van der Waals surface area (Å²) in [7, 11) is 3.56. The van der Waals surface area contributed by atoms with E-state index in [0.717, 1.165) is 4.91 Å². The van der Waals surface area contributed by atoms with E-state index in [4.69, 9.17) is 0 Å². The smallest absolute Gasteiger partial charge is 0.271 e. The van der Waals surface area contributed by atoms with Gasteiger partial charge in [-0.25, -0.2) is 0 Å². The molecular formula is C10H13N3O3S. The first-order valence-electron chi connectivity index (χ1n) is 5.17. The monoisotopic (exact) mass is 255 g/mol. The molecule has 0 bridgehead atoms. The van der Waals surface area contributed by atoms with E-state index in [0.29, 0.717) is 11.4 Å². The minimum absolute atomic E-state index is 0.0619. The summed E-state index contributed by atoms with van der Waals surface area (Å²) in [6.45, 7) is 0. The zero-order valence-corrected chi connectivity index (χ0v) is 10.4. The lowest BCUT2D eigenvalue weighted by Gasteiger charge is -2.30. The molecule has 1 N–H and O–H groups in total. The summed E-state index contributed by atoms with van der Waals surface area (Å²) in [6, 6.07) is -0.231. The quantitative estimate of drug-likeness (QED) is 0.576. The van der Waals surface area contributed by atoms with Crippen molar-refractivity contribution in [2.75, 3.05) is 19.8 Å². The van der Waals surface area contributed by atoms with Crippen molar-refractivity contribution in [2.45, 2.75) is 12.5 Å². The number of nitrogens with one attached hydrogen (secondary N) is 1. The molecular weight excluding hydrogens is 242 g/mol. The van der Waals surface area contributed by atoms with Crippen LogP contribution in [0.4, 0.5) is 0 Å². The van der Waals surface area contributed by atoms with Gasteiger partial charge < -0.3 is 10.2 Å². The molecule has 17 heavy (non-hydrogen) atoms. The van der Waals surface area contributed by atoms with Crippen molar-refractivity contribution in [1.82, 2.24) is 10.2 Å². The van der Waals surface area contributed by atoms with Crippen LogP contribution in [0.5, 0.6) is 0 Å². The van der Waals surface area contributed by atoms with Crippen LogP contribution >= 0.6 is 11.8 Å². The summed E-state index contributed by atoms with van der Waals surface area (Å²) in [5.41, 5.74) is 0.774. The summed E-state index contributed by atoms with van der Waals surface area (Å²) in [6.07, 6.45) is 2.06. The van der Waals surface area contributed by atoms with Gasteiger partial charge in [-0.15, -0.1) is 11.8 Å². The minimum atomic E-state index is -0.367. The number of nitro groups is 1. The number of likely N-dealkylation sites (N-methyl/N-ethyl adjacent to an activating group) is 1. The van der Waals surface area contributed by atoms with Gasteiger partial charge in [0.05, 0.1) is 23.1 Å². The number of allylic oxidation sites excluding steroid dienone is 1. The van der Waals surface area contributed by atoms with Gasteiger partial charge in [-0.3, -0.25) is 14.9 Å². The van der Waals surface area contributed by atoms with Crippen LogP contribution in [0.25, 0.3) is 0 Å². The van der Waals surface area contributed by atoms with E-state index in [1.54, 1.807) is 25.1 Å². The SMILES string of the molecule is CN(C)C1=C([N+](=O)[O-])CC2NC(=O)CSC2=C1. The molecule has 1 unspecified atom stereocenters. The van der Waals surface area contributed by atoms with Crippen molar-refractivity contribution in [3.63, 3.8) is 0 Å². The van der Waals surface area contributed by atoms with Crippen molar-refractivity contribution in [3.8, 4) is 0 Å². The number of carbonyl (C=O) groups is 1. The Bertz CT molecular complexity index is 442. The molecule has 92 valence electrons. The van der Waals surface area contributed by atoms with Crippen molar-refractivity contribution in [3.05, 3.63) is 32.5 Å². The van der Waals surface area contributed by atoms with Crippen molar-refractivity contribution >= 4 is 17.7 Å². The fourth-order valence-corrected chi connectivity index (χ4v) is 2.84. The highest BCUT2D eigenvalue weighted by Crippen LogP contribution is 2.34. The van der Waals surface area contributed by atoms with Crippen LogP contribution in [0.2, 0.25) is 0 Å². The zero-order chi connectivity index (χ0) is 12.6. The van der Waals surface area contributed by atoms with E-state index < -0.39 is 0 Å². The Balaban J connectivity index is 2.36. The first kappa shape index (κ1) is 12.0. The van der Waals surface area contributed by atoms with E-state index in [1.807, 2.05) is 0 Å². The summed E-state index contributed by atoms with van der Waals surface area (Å²) < 4.78 is 0. The summed E-state index contributed by atoms with van der Waals surface area (Å²) >= 11 is 1.46. The van der Waals surface area contributed by atoms with E-state index in [1.165, 1.54) is 11.8 Å². The highest BCUT2D eigenvalue weighted by atomic mass is 32.2. The van der Waals surface area contributed by atoms with Crippen LogP contribution in [-0.2, 0) is 4.79 Å². The third-order valence-electron chi connectivity index (χ3n) is 2.72. The lowest BCUT2D eigenvalue weighted by molar-refractivity contribution is -0.430. The average Bonchev–Trinajstić information content (AvgIpc) is 2.26. The average molecular weight is 255 g/mol. The third-order valence-corrected chi connectivity index (χ3v) is 3.87. The number of hydrogen-bond donors (Lipinski definition) is 1. The fraction of sp³-hybridized carbons (Fsp3) is 0.500. The number of rotatable bonds is 2. The predicted molar refractivity (Wildman–Crippen MR) is 64.8 cm³/mol. The Morgan fingerprint density at radius 3 is 2.88 bits per heavy atom. The van der Waals surface area contributed by atoms with E-state index in [9.17, 15) is 14.9 Å². The minimum Gasteiger partial charge on any atom is -0.372 e. The molecule has 0 aromatic heterocycles. The highest BCUT2D eigenvalue weighted by Gasteiger charge is 2.34. The molecule has 1 atom stereocenters. The van der Waals surface area contributed by atoms with Gasteiger partial charge in [0, 0.05) is 19.0 Å². The first-order chi connectivity index (χ1) is 7.99. The summed E-state index contributed by atoms with van der Waals surface area (Å²) in [5, 5.41) is 13.8. The molecule has 2 rings (SSSR count). The molecule has 1 saturated heterocycles. The molecule has 1 heterocycles. The van der Waals surface area contributed by atoms with Gasteiger partial charge in [-0.1, -0.05) is 0 Å². The summed E-state index contributed by atoms with van der Waals surface area (Å²) in [5.74, 6) is 0.324. The van der Waals surface area contributed by atoms with Crippen LogP contribution in [0.15, 0.2) is 22.4 Å². The molecule has 0 spiro atoms. The van der Waals surface area contributed by atoms with Gasteiger partial charge in [-0.05, 0) is 6.08 Å². The Labute approximate surface area is 103 Å². The molecule has 0 aromatic carbocycles. The van der Waals surface area contributed by atoms with Crippen LogP contribution in [-0.4, -0.2) is 41.6 Å². The number of nitrogens with zero attached hydrogens (tertiary/aromatic N) is 2. The van der Waals surface area contributed by atoms with Crippen LogP contribution in [0.1, 0.15) is 6.42 Å². The molecule has 0 aromatic rings. The van der Waals surface area contributed by atoms with Gasteiger partial charge in [0.15, 0.2) is 0 Å². The second kappa shape index (κ2) is 4.40. The Morgan fingerprint density at radius 2 is 2.29 bits per heavy atom. The number of carbonyl (C=O) groups excluding carboxylic acids is 1. The molecule has 1 amide bonds. The van der Waals surface area contributed by atoms with Crippen LogP contribution in [0.3, 0.4) is 0 Å². The predicted octanol–water partition coefficient (Wildman–Crippen LogP) is 0.555. The molecule has 6 nitrogen and oxygen atoms in total. The Kier molecular flexibility index (Phi) is 3.10. The molecule has 1 aliphatic heterocycles. The molecule has 1 aliphatic carbocycles. The number of amides is 1. The van der Waals surface area contributed by atoms with Gasteiger partial charge in [0.2, 0.25) is 5.91 Å². The Hall–Kier alpha value is -1.50. The second-order valence-electron chi connectivity index (χ2n) is 4.14. The van der Waals surface area contributed by atoms with Crippen molar-refractivity contribution in [2.24, 2.45) is 0 Å². The largest absolute Gasteiger partial charge is 0.372 e. The maximum Gasteiger partial charge on any atom is 0.271 e. The first-order valence-corrected chi connectivity index (χ1v) is 6.16. The van der Waals surface area contributed by atoms with Crippen molar-refractivity contribution in [1.29, 1.82) is 0 Å². The molecule has 1 fully saturated rings. The van der Waals surface area contributed by atoms with E-state index >= 15 is 0 Å². The van der Waals surface area contributed by atoms with Gasteiger partial charge in [0.1, 0.15) is 5.70 Å². The number of thioether (sulfide) groups is 1. The normalized spacial score (nSPS) is 23.8. The standard InChI is InChI=1S/C10H13N3O3S/c1-12(2)7-4-9-6(3-8(7)13(15)16)11-10(14)5-17-9/h4,6H,3,5H2,1-2H3,(H,11,14). The molecule has 0 saturated carbocycles. The lowest BCUT2D eigenvalue weighted by Crippen LogP contribution is -2.43. The van der Waals surface area contributed by atoms with Gasteiger partial charge >= 0.3 is 0 Å². The summed E-state index contributed by atoms with van der Waals surface area (Å²) in [4.78, 5) is 24.6. The fourth-order valence-electron chi connectivity index (χ4n) is 1.92. The highest BCUT2D eigenvalue weighted by molar-refractivity contribution is 8.03. The van der Waals surface area contributed by atoms with Crippen LogP contribution < -0.4 is 5.32 Å². The second-order valence-corrected chi connectivity index (χ2v) is 5.19. The maximum atomic E-state index is 11.3.